The molecule has 8 heteroatoms. The van der Waals surface area contributed by atoms with E-state index in [9.17, 15) is 14.4 Å². The fraction of sp³-hybridized carbons (Fsp3) is 0.600. The van der Waals surface area contributed by atoms with Crippen molar-refractivity contribution in [3.05, 3.63) is 30.1 Å². The van der Waals surface area contributed by atoms with E-state index >= 15 is 0 Å². The molecule has 1 saturated heterocycles. The zero-order valence-electron chi connectivity index (χ0n) is 17.0. The first kappa shape index (κ1) is 21.7. The van der Waals surface area contributed by atoms with Gasteiger partial charge < -0.3 is 20.3 Å². The second-order valence-corrected chi connectivity index (χ2v) is 8.05. The first-order chi connectivity index (χ1) is 13.2. The predicted octanol–water partition coefficient (Wildman–Crippen LogP) is 1.85. The van der Waals surface area contributed by atoms with Crippen LogP contribution in [-0.2, 0) is 20.9 Å². The Kier molecular flexibility index (Phi) is 7.37. The molecule has 2 N–H and O–H groups in total. The Bertz CT molecular complexity index is 679. The zero-order chi connectivity index (χ0) is 20.7. The van der Waals surface area contributed by atoms with E-state index in [1.165, 1.54) is 0 Å². The van der Waals surface area contributed by atoms with Crippen molar-refractivity contribution in [2.24, 2.45) is 5.92 Å². The van der Waals surface area contributed by atoms with Crippen LogP contribution in [0.25, 0.3) is 0 Å². The van der Waals surface area contributed by atoms with Crippen LogP contribution >= 0.6 is 0 Å². The van der Waals surface area contributed by atoms with Gasteiger partial charge in [0.2, 0.25) is 11.8 Å². The van der Waals surface area contributed by atoms with Gasteiger partial charge in [-0.3, -0.25) is 14.6 Å². The quantitative estimate of drug-likeness (QED) is 0.799. The van der Waals surface area contributed by atoms with Gasteiger partial charge in [0.15, 0.2) is 0 Å². The molecule has 1 aliphatic heterocycles. The van der Waals surface area contributed by atoms with Crippen LogP contribution in [0.3, 0.4) is 0 Å². The minimum atomic E-state index is -0.675. The van der Waals surface area contributed by atoms with Crippen LogP contribution in [0.2, 0.25) is 0 Å². The second-order valence-electron chi connectivity index (χ2n) is 8.05. The van der Waals surface area contributed by atoms with Crippen molar-refractivity contribution in [3.8, 4) is 0 Å². The van der Waals surface area contributed by atoms with E-state index in [1.54, 1.807) is 45.0 Å². The number of nitrogens with zero attached hydrogens (tertiary/aromatic N) is 2. The molecule has 0 bridgehead atoms. The van der Waals surface area contributed by atoms with E-state index in [2.05, 4.69) is 15.6 Å². The molecule has 8 nitrogen and oxygen atoms in total. The lowest BCUT2D eigenvalue weighted by atomic mass is 9.95. The van der Waals surface area contributed by atoms with Gasteiger partial charge in [-0.15, -0.1) is 0 Å². The number of amides is 3. The average Bonchev–Trinajstić information content (AvgIpc) is 2.64. The summed E-state index contributed by atoms with van der Waals surface area (Å²) in [5.41, 5.74) is 0.333. The molecular formula is C20H30N4O4. The van der Waals surface area contributed by atoms with Gasteiger partial charge in [-0.25, -0.2) is 4.79 Å². The van der Waals surface area contributed by atoms with Gasteiger partial charge >= 0.3 is 6.09 Å². The Morgan fingerprint density at radius 3 is 2.54 bits per heavy atom. The lowest BCUT2D eigenvalue weighted by molar-refractivity contribution is -0.137. The summed E-state index contributed by atoms with van der Waals surface area (Å²) in [7, 11) is 0. The first-order valence-corrected chi connectivity index (χ1v) is 9.60. The highest BCUT2D eigenvalue weighted by Gasteiger charge is 2.30. The molecule has 3 amide bonds. The number of likely N-dealkylation sites (tertiary alicyclic amines) is 1. The highest BCUT2D eigenvalue weighted by molar-refractivity contribution is 5.86. The minimum absolute atomic E-state index is 0.00381. The molecule has 2 heterocycles. The zero-order valence-corrected chi connectivity index (χ0v) is 17.0. The van der Waals surface area contributed by atoms with Crippen molar-refractivity contribution in [2.75, 3.05) is 13.1 Å². The molecule has 1 aliphatic rings. The highest BCUT2D eigenvalue weighted by Crippen LogP contribution is 2.18. The number of hydrogen-bond donors (Lipinski definition) is 2. The van der Waals surface area contributed by atoms with Gasteiger partial charge in [-0.05, 0) is 52.2 Å². The smallest absolute Gasteiger partial charge is 0.408 e. The Morgan fingerprint density at radius 1 is 1.29 bits per heavy atom. The van der Waals surface area contributed by atoms with Crippen LogP contribution in [-0.4, -0.2) is 52.5 Å². The average molecular weight is 390 g/mol. The lowest BCUT2D eigenvalue weighted by Gasteiger charge is -2.33. The van der Waals surface area contributed by atoms with Crippen molar-refractivity contribution in [3.63, 3.8) is 0 Å². The van der Waals surface area contributed by atoms with Crippen molar-refractivity contribution in [1.29, 1.82) is 0 Å². The number of rotatable bonds is 5. The predicted molar refractivity (Wildman–Crippen MR) is 104 cm³/mol. The molecule has 1 aromatic rings. The van der Waals surface area contributed by atoms with Gasteiger partial charge in [-0.1, -0.05) is 6.07 Å². The maximum atomic E-state index is 12.5. The largest absolute Gasteiger partial charge is 0.444 e. The molecule has 1 fully saturated rings. The normalized spacial score (nSPS) is 16.2. The third-order valence-electron chi connectivity index (χ3n) is 4.47. The SMILES string of the molecule is CC(NC(=O)OC(C)(C)C)C(=O)N1CCC(C(=O)NCc2cccnc2)CC1. The summed E-state index contributed by atoms with van der Waals surface area (Å²) in [5, 5.41) is 5.50. The summed E-state index contributed by atoms with van der Waals surface area (Å²) in [6.45, 7) is 8.37. The van der Waals surface area contributed by atoms with Crippen molar-refractivity contribution in [2.45, 2.75) is 58.7 Å². The summed E-state index contributed by atoms with van der Waals surface area (Å²) >= 11 is 0. The Hall–Kier alpha value is -2.64. The standard InChI is InChI=1S/C20H30N4O4/c1-14(23-19(27)28-20(2,3)4)18(26)24-10-7-16(8-11-24)17(25)22-13-15-6-5-9-21-12-15/h5-6,9,12,14,16H,7-8,10-11,13H2,1-4H3,(H,22,25)(H,23,27). The molecule has 2 rings (SSSR count). The third kappa shape index (κ3) is 6.83. The van der Waals surface area contributed by atoms with Crippen molar-refractivity contribution in [1.82, 2.24) is 20.5 Å². The topological polar surface area (TPSA) is 101 Å². The maximum absolute atomic E-state index is 12.5. The number of hydrogen-bond acceptors (Lipinski definition) is 5. The Balaban J connectivity index is 1.75. The fourth-order valence-corrected chi connectivity index (χ4v) is 3.02. The third-order valence-corrected chi connectivity index (χ3v) is 4.47. The van der Waals surface area contributed by atoms with Crippen LogP contribution in [0.5, 0.6) is 0 Å². The molecular weight excluding hydrogens is 360 g/mol. The van der Waals surface area contributed by atoms with Gasteiger partial charge in [0.1, 0.15) is 11.6 Å². The highest BCUT2D eigenvalue weighted by atomic mass is 16.6. The Morgan fingerprint density at radius 2 is 1.96 bits per heavy atom. The van der Waals surface area contributed by atoms with Gasteiger partial charge in [-0.2, -0.15) is 0 Å². The first-order valence-electron chi connectivity index (χ1n) is 9.60. The molecule has 0 aliphatic carbocycles. The van der Waals surface area contributed by atoms with E-state index in [4.69, 9.17) is 4.74 Å². The summed E-state index contributed by atoms with van der Waals surface area (Å²) in [4.78, 5) is 42.4. The fourth-order valence-electron chi connectivity index (χ4n) is 3.02. The number of aromatic nitrogens is 1. The number of alkyl carbamates (subject to hydrolysis) is 1. The molecule has 0 radical (unpaired) electrons. The number of carbonyl (C=O) groups is 3. The summed E-state index contributed by atoms with van der Waals surface area (Å²) in [6, 6.07) is 3.07. The monoisotopic (exact) mass is 390 g/mol. The molecule has 154 valence electrons. The number of ether oxygens (including phenoxy) is 1. The lowest BCUT2D eigenvalue weighted by Crippen LogP contribution is -2.51. The van der Waals surface area contributed by atoms with Crippen molar-refractivity contribution >= 4 is 17.9 Å². The molecule has 1 atom stereocenters. The number of carbonyl (C=O) groups excluding carboxylic acids is 3. The molecule has 0 spiro atoms. The van der Waals surface area contributed by atoms with Gasteiger partial charge in [0.25, 0.3) is 0 Å². The van der Waals surface area contributed by atoms with E-state index in [-0.39, 0.29) is 17.7 Å². The minimum Gasteiger partial charge on any atom is -0.444 e. The number of pyridine rings is 1. The van der Waals surface area contributed by atoms with Crippen LogP contribution in [0.15, 0.2) is 24.5 Å². The van der Waals surface area contributed by atoms with Crippen molar-refractivity contribution < 1.29 is 19.1 Å². The molecule has 1 unspecified atom stereocenters. The number of piperidine rings is 1. The van der Waals surface area contributed by atoms with E-state index in [1.807, 2.05) is 12.1 Å². The Labute approximate surface area is 166 Å². The molecule has 0 saturated carbocycles. The van der Waals surface area contributed by atoms with Crippen LogP contribution in [0.1, 0.15) is 46.1 Å². The maximum Gasteiger partial charge on any atom is 0.408 e. The van der Waals surface area contributed by atoms with E-state index in [0.29, 0.717) is 32.5 Å². The summed E-state index contributed by atoms with van der Waals surface area (Å²) < 4.78 is 5.18. The summed E-state index contributed by atoms with van der Waals surface area (Å²) in [5.74, 6) is -0.286. The molecule has 28 heavy (non-hydrogen) atoms. The second kappa shape index (κ2) is 9.52. The van der Waals surface area contributed by atoms with Crippen LogP contribution in [0, 0.1) is 5.92 Å². The van der Waals surface area contributed by atoms with Gasteiger partial charge in [0.05, 0.1) is 0 Å². The summed E-state index contributed by atoms with van der Waals surface area (Å²) in [6.07, 6.45) is 4.00. The van der Waals surface area contributed by atoms with Crippen LogP contribution in [0.4, 0.5) is 4.79 Å². The van der Waals surface area contributed by atoms with Gasteiger partial charge in [0, 0.05) is 37.9 Å². The molecule has 1 aromatic heterocycles. The number of nitrogens with one attached hydrogen (secondary N) is 2. The van der Waals surface area contributed by atoms with Crippen LogP contribution < -0.4 is 10.6 Å². The van der Waals surface area contributed by atoms with E-state index < -0.39 is 17.7 Å². The molecule has 0 aromatic carbocycles. The van der Waals surface area contributed by atoms with E-state index in [0.717, 1.165) is 5.56 Å².